The third-order valence-electron chi connectivity index (χ3n) is 8.06. The summed E-state index contributed by atoms with van der Waals surface area (Å²) < 4.78 is 6.58. The standard InChI is InChI=1S/C35H24N2O/c1-35(2)28-14-8-6-12-23(28)24-17-18-25-27-20-22(16-19-30(27)38-33(25)31(24)35)34-36-29-15-9-7-13-26(29)32(37-34)21-10-4-3-5-11-21/h3-20H,1-2H3. The predicted octanol–water partition coefficient (Wildman–Crippen LogP) is 9.17. The number of para-hydroxylation sites is 1. The molecule has 5 aromatic carbocycles. The fourth-order valence-corrected chi connectivity index (χ4v) is 6.24. The van der Waals surface area contributed by atoms with Gasteiger partial charge in [0, 0.05) is 38.3 Å². The summed E-state index contributed by atoms with van der Waals surface area (Å²) in [5, 5.41) is 3.27. The molecule has 1 aliphatic carbocycles. The number of fused-ring (bicyclic) bond motifs is 8. The van der Waals surface area contributed by atoms with Crippen LogP contribution in [0.3, 0.4) is 0 Å². The van der Waals surface area contributed by atoms with E-state index in [1.807, 2.05) is 30.3 Å². The normalized spacial score (nSPS) is 13.7. The Morgan fingerprint density at radius 2 is 1.39 bits per heavy atom. The minimum absolute atomic E-state index is 0.131. The molecule has 2 aromatic heterocycles. The Morgan fingerprint density at radius 1 is 0.605 bits per heavy atom. The van der Waals surface area contributed by atoms with Crippen molar-refractivity contribution in [1.82, 2.24) is 9.97 Å². The summed E-state index contributed by atoms with van der Waals surface area (Å²) in [5.41, 5.74) is 10.8. The molecule has 0 aliphatic heterocycles. The van der Waals surface area contributed by atoms with Crippen LogP contribution in [0.25, 0.3) is 66.6 Å². The van der Waals surface area contributed by atoms with Crippen LogP contribution in [-0.4, -0.2) is 9.97 Å². The molecule has 0 bridgehead atoms. The van der Waals surface area contributed by atoms with Gasteiger partial charge in [0.05, 0.1) is 11.2 Å². The summed E-state index contributed by atoms with van der Waals surface area (Å²) >= 11 is 0. The van der Waals surface area contributed by atoms with Gasteiger partial charge in [-0.05, 0) is 47.0 Å². The van der Waals surface area contributed by atoms with Crippen molar-refractivity contribution >= 4 is 32.8 Å². The van der Waals surface area contributed by atoms with Crippen molar-refractivity contribution in [2.75, 3.05) is 0 Å². The van der Waals surface area contributed by atoms with Crippen molar-refractivity contribution in [3.8, 4) is 33.8 Å². The highest BCUT2D eigenvalue weighted by Gasteiger charge is 2.38. The van der Waals surface area contributed by atoms with Gasteiger partial charge in [-0.1, -0.05) is 92.7 Å². The lowest BCUT2D eigenvalue weighted by atomic mass is 9.82. The zero-order chi connectivity index (χ0) is 25.4. The van der Waals surface area contributed by atoms with E-state index < -0.39 is 0 Å². The lowest BCUT2D eigenvalue weighted by molar-refractivity contribution is 0.620. The van der Waals surface area contributed by atoms with Crippen LogP contribution in [0.4, 0.5) is 0 Å². The molecule has 8 rings (SSSR count). The minimum Gasteiger partial charge on any atom is -0.456 e. The van der Waals surface area contributed by atoms with E-state index in [1.54, 1.807) is 0 Å². The van der Waals surface area contributed by atoms with Gasteiger partial charge < -0.3 is 4.42 Å². The number of aromatic nitrogens is 2. The van der Waals surface area contributed by atoms with Gasteiger partial charge in [0.2, 0.25) is 0 Å². The Labute approximate surface area is 220 Å². The van der Waals surface area contributed by atoms with E-state index in [9.17, 15) is 0 Å². The summed E-state index contributed by atoms with van der Waals surface area (Å²) in [4.78, 5) is 10.0. The topological polar surface area (TPSA) is 38.9 Å². The highest BCUT2D eigenvalue weighted by Crippen LogP contribution is 2.52. The van der Waals surface area contributed by atoms with Gasteiger partial charge in [0.15, 0.2) is 5.82 Å². The fourth-order valence-electron chi connectivity index (χ4n) is 6.24. The molecule has 0 fully saturated rings. The molecule has 38 heavy (non-hydrogen) atoms. The van der Waals surface area contributed by atoms with Crippen molar-refractivity contribution in [3.05, 3.63) is 120 Å². The Bertz CT molecular complexity index is 2050. The summed E-state index contributed by atoms with van der Waals surface area (Å²) in [5.74, 6) is 0.715. The lowest BCUT2D eigenvalue weighted by Crippen LogP contribution is -2.15. The maximum atomic E-state index is 6.58. The van der Waals surface area contributed by atoms with Gasteiger partial charge in [-0.25, -0.2) is 9.97 Å². The first-order valence-corrected chi connectivity index (χ1v) is 13.0. The molecule has 1 aliphatic rings. The van der Waals surface area contributed by atoms with E-state index in [1.165, 1.54) is 22.3 Å². The van der Waals surface area contributed by atoms with Crippen molar-refractivity contribution < 1.29 is 4.42 Å². The second-order valence-corrected chi connectivity index (χ2v) is 10.6. The van der Waals surface area contributed by atoms with Crippen LogP contribution in [0.15, 0.2) is 114 Å². The van der Waals surface area contributed by atoms with Gasteiger partial charge in [0.25, 0.3) is 0 Å². The fraction of sp³-hybridized carbons (Fsp3) is 0.0857. The molecule has 0 saturated carbocycles. The molecular weight excluding hydrogens is 464 g/mol. The second kappa shape index (κ2) is 7.62. The second-order valence-electron chi connectivity index (χ2n) is 10.6. The first kappa shape index (κ1) is 21.3. The molecule has 0 saturated heterocycles. The van der Waals surface area contributed by atoms with Gasteiger partial charge >= 0.3 is 0 Å². The van der Waals surface area contributed by atoms with Gasteiger partial charge in [-0.15, -0.1) is 0 Å². The van der Waals surface area contributed by atoms with E-state index in [0.29, 0.717) is 5.82 Å². The Kier molecular flexibility index (Phi) is 4.28. The molecule has 3 nitrogen and oxygen atoms in total. The largest absolute Gasteiger partial charge is 0.456 e. The van der Waals surface area contributed by atoms with E-state index in [0.717, 1.165) is 49.7 Å². The zero-order valence-electron chi connectivity index (χ0n) is 21.2. The Balaban J connectivity index is 1.35. The van der Waals surface area contributed by atoms with Crippen LogP contribution >= 0.6 is 0 Å². The number of hydrogen-bond donors (Lipinski definition) is 0. The van der Waals surface area contributed by atoms with E-state index >= 15 is 0 Å². The molecule has 180 valence electrons. The lowest BCUT2D eigenvalue weighted by Gasteiger charge is -2.21. The van der Waals surface area contributed by atoms with Crippen LogP contribution in [0, 0.1) is 0 Å². The minimum atomic E-state index is -0.131. The highest BCUT2D eigenvalue weighted by molar-refractivity contribution is 6.10. The summed E-state index contributed by atoms with van der Waals surface area (Å²) in [6.07, 6.45) is 0. The third-order valence-corrected chi connectivity index (χ3v) is 8.06. The molecule has 0 amide bonds. The molecule has 0 radical (unpaired) electrons. The monoisotopic (exact) mass is 488 g/mol. The van der Waals surface area contributed by atoms with E-state index in [4.69, 9.17) is 14.4 Å². The molecule has 2 heterocycles. The van der Waals surface area contributed by atoms with E-state index in [-0.39, 0.29) is 5.41 Å². The maximum Gasteiger partial charge on any atom is 0.160 e. The highest BCUT2D eigenvalue weighted by atomic mass is 16.3. The zero-order valence-corrected chi connectivity index (χ0v) is 21.2. The smallest absolute Gasteiger partial charge is 0.160 e. The number of furan rings is 1. The number of nitrogens with zero attached hydrogens (tertiary/aromatic N) is 2. The number of rotatable bonds is 2. The summed E-state index contributed by atoms with van der Waals surface area (Å²) in [6, 6.07) is 38.0. The average molecular weight is 489 g/mol. The van der Waals surface area contributed by atoms with Crippen molar-refractivity contribution in [2.24, 2.45) is 0 Å². The Hall–Kier alpha value is -4.76. The van der Waals surface area contributed by atoms with Crippen molar-refractivity contribution in [3.63, 3.8) is 0 Å². The maximum absolute atomic E-state index is 6.58. The van der Waals surface area contributed by atoms with Crippen LogP contribution in [-0.2, 0) is 5.41 Å². The van der Waals surface area contributed by atoms with Crippen LogP contribution in [0.2, 0.25) is 0 Å². The first-order valence-electron chi connectivity index (χ1n) is 13.0. The number of hydrogen-bond acceptors (Lipinski definition) is 3. The molecule has 0 atom stereocenters. The summed E-state index contributed by atoms with van der Waals surface area (Å²) in [7, 11) is 0. The van der Waals surface area contributed by atoms with Crippen molar-refractivity contribution in [2.45, 2.75) is 19.3 Å². The van der Waals surface area contributed by atoms with Gasteiger partial charge in [-0.3, -0.25) is 0 Å². The van der Waals surface area contributed by atoms with Gasteiger partial charge in [0.1, 0.15) is 11.2 Å². The quantitative estimate of drug-likeness (QED) is 0.243. The van der Waals surface area contributed by atoms with Crippen LogP contribution < -0.4 is 0 Å². The number of benzene rings is 5. The first-order chi connectivity index (χ1) is 18.6. The molecule has 0 unspecified atom stereocenters. The Morgan fingerprint density at radius 3 is 2.29 bits per heavy atom. The molecule has 0 N–H and O–H groups in total. The molecule has 7 aromatic rings. The molecular formula is C35H24N2O. The summed E-state index contributed by atoms with van der Waals surface area (Å²) in [6.45, 7) is 4.59. The average Bonchev–Trinajstić information content (AvgIpc) is 3.45. The third kappa shape index (κ3) is 2.90. The molecule has 0 spiro atoms. The van der Waals surface area contributed by atoms with Gasteiger partial charge in [-0.2, -0.15) is 0 Å². The SMILES string of the molecule is CC1(C)c2ccccc2-c2ccc3c(oc4ccc(-c5nc(-c6ccccc6)c6ccccc6n5)cc43)c21. The van der Waals surface area contributed by atoms with E-state index in [2.05, 4.69) is 92.7 Å². The van der Waals surface area contributed by atoms with Crippen LogP contribution in [0.1, 0.15) is 25.0 Å². The predicted molar refractivity (Wildman–Crippen MR) is 155 cm³/mol. The van der Waals surface area contributed by atoms with Crippen LogP contribution in [0.5, 0.6) is 0 Å². The van der Waals surface area contributed by atoms with Crippen molar-refractivity contribution in [1.29, 1.82) is 0 Å². The molecule has 3 heteroatoms.